The maximum Gasteiger partial charge on any atom is 0.343 e. The first-order chi connectivity index (χ1) is 9.54. The van der Waals surface area contributed by atoms with Gasteiger partial charge in [-0.2, -0.15) is 0 Å². The number of hydrogen-bond donors (Lipinski definition) is 1. The number of carbonyl (C=O) groups is 1. The number of ether oxygens (including phenoxy) is 1. The standard InChI is InChI=1S/C14H13FN2O3/c1-2-20-14(19)11-7-8-12(16)17(13(11)18)10-5-3-9(15)4-6-10/h3-8H,2,16H2,1H3. The number of rotatable bonds is 3. The van der Waals surface area contributed by atoms with Crippen LogP contribution in [0.15, 0.2) is 41.2 Å². The Hall–Kier alpha value is -2.63. The third kappa shape index (κ3) is 2.54. The van der Waals surface area contributed by atoms with Crippen molar-refractivity contribution >= 4 is 11.8 Å². The van der Waals surface area contributed by atoms with Crippen LogP contribution >= 0.6 is 0 Å². The van der Waals surface area contributed by atoms with E-state index in [4.69, 9.17) is 10.5 Å². The van der Waals surface area contributed by atoms with Gasteiger partial charge in [0.05, 0.1) is 12.3 Å². The maximum atomic E-state index is 12.9. The highest BCUT2D eigenvalue weighted by molar-refractivity contribution is 5.89. The van der Waals surface area contributed by atoms with Crippen LogP contribution in [0.4, 0.5) is 10.2 Å². The highest BCUT2D eigenvalue weighted by Gasteiger charge is 2.16. The molecule has 5 nitrogen and oxygen atoms in total. The largest absolute Gasteiger partial charge is 0.462 e. The second-order valence-electron chi connectivity index (χ2n) is 4.01. The molecule has 0 saturated heterocycles. The predicted molar refractivity (Wildman–Crippen MR) is 72.4 cm³/mol. The number of nitrogens with zero attached hydrogens (tertiary/aromatic N) is 1. The van der Waals surface area contributed by atoms with Crippen molar-refractivity contribution in [2.45, 2.75) is 6.92 Å². The van der Waals surface area contributed by atoms with Gasteiger partial charge in [0.1, 0.15) is 17.2 Å². The molecule has 0 fully saturated rings. The summed E-state index contributed by atoms with van der Waals surface area (Å²) >= 11 is 0. The van der Waals surface area contributed by atoms with Crippen molar-refractivity contribution in [3.05, 3.63) is 58.1 Å². The van der Waals surface area contributed by atoms with Crippen molar-refractivity contribution in [1.82, 2.24) is 4.57 Å². The van der Waals surface area contributed by atoms with Crippen molar-refractivity contribution in [2.75, 3.05) is 12.3 Å². The van der Waals surface area contributed by atoms with Gasteiger partial charge in [0.2, 0.25) is 0 Å². The average molecular weight is 276 g/mol. The number of halogens is 1. The lowest BCUT2D eigenvalue weighted by molar-refractivity contribution is 0.0524. The summed E-state index contributed by atoms with van der Waals surface area (Å²) in [7, 11) is 0. The molecule has 20 heavy (non-hydrogen) atoms. The Morgan fingerprint density at radius 2 is 1.90 bits per heavy atom. The molecule has 1 aromatic carbocycles. The first kappa shape index (κ1) is 13.8. The molecule has 0 saturated carbocycles. The molecule has 2 aromatic rings. The second-order valence-corrected chi connectivity index (χ2v) is 4.01. The summed E-state index contributed by atoms with van der Waals surface area (Å²) < 4.78 is 18.9. The number of esters is 1. The summed E-state index contributed by atoms with van der Waals surface area (Å²) in [5.74, 6) is -0.995. The highest BCUT2D eigenvalue weighted by Crippen LogP contribution is 2.12. The Morgan fingerprint density at radius 1 is 1.25 bits per heavy atom. The Bertz CT molecular complexity index is 693. The van der Waals surface area contributed by atoms with E-state index in [2.05, 4.69) is 0 Å². The normalized spacial score (nSPS) is 10.3. The zero-order valence-corrected chi connectivity index (χ0v) is 10.8. The first-order valence-electron chi connectivity index (χ1n) is 5.99. The number of nitrogens with two attached hydrogens (primary N) is 1. The van der Waals surface area contributed by atoms with E-state index in [1.54, 1.807) is 6.92 Å². The summed E-state index contributed by atoms with van der Waals surface area (Å²) in [4.78, 5) is 24.0. The van der Waals surface area contributed by atoms with Gasteiger partial charge < -0.3 is 10.5 Å². The molecule has 2 rings (SSSR count). The minimum atomic E-state index is -0.714. The van der Waals surface area contributed by atoms with Gasteiger partial charge in [-0.05, 0) is 43.3 Å². The molecule has 0 spiro atoms. The van der Waals surface area contributed by atoms with Crippen LogP contribution in [0.1, 0.15) is 17.3 Å². The van der Waals surface area contributed by atoms with Crippen molar-refractivity contribution in [3.8, 4) is 5.69 Å². The number of carbonyl (C=O) groups excluding carboxylic acids is 1. The van der Waals surface area contributed by atoms with Gasteiger partial charge in [-0.15, -0.1) is 0 Å². The van der Waals surface area contributed by atoms with Gasteiger partial charge in [-0.1, -0.05) is 0 Å². The van der Waals surface area contributed by atoms with E-state index in [-0.39, 0.29) is 18.0 Å². The lowest BCUT2D eigenvalue weighted by Gasteiger charge is -2.11. The fraction of sp³-hybridized carbons (Fsp3) is 0.143. The molecule has 104 valence electrons. The number of pyridine rings is 1. The first-order valence-corrected chi connectivity index (χ1v) is 5.99. The van der Waals surface area contributed by atoms with Crippen LogP contribution in [0.25, 0.3) is 5.69 Å². The van der Waals surface area contributed by atoms with Crippen molar-refractivity contribution < 1.29 is 13.9 Å². The number of benzene rings is 1. The fourth-order valence-corrected chi connectivity index (χ4v) is 1.77. The Labute approximate surface area is 114 Å². The molecule has 0 aliphatic rings. The van der Waals surface area contributed by atoms with E-state index in [0.717, 1.165) is 4.57 Å². The molecular weight excluding hydrogens is 263 g/mol. The summed E-state index contributed by atoms with van der Waals surface area (Å²) in [6.07, 6.45) is 0. The summed E-state index contributed by atoms with van der Waals surface area (Å²) in [6.45, 7) is 1.81. The average Bonchev–Trinajstić information content (AvgIpc) is 2.41. The van der Waals surface area contributed by atoms with Gasteiger partial charge in [0, 0.05) is 0 Å². The van der Waals surface area contributed by atoms with E-state index in [9.17, 15) is 14.0 Å². The zero-order chi connectivity index (χ0) is 14.7. The second kappa shape index (κ2) is 5.56. The van der Waals surface area contributed by atoms with Crippen molar-refractivity contribution in [2.24, 2.45) is 0 Å². The summed E-state index contributed by atoms with van der Waals surface area (Å²) in [6, 6.07) is 7.97. The minimum Gasteiger partial charge on any atom is -0.462 e. The molecule has 0 aliphatic carbocycles. The third-order valence-electron chi connectivity index (χ3n) is 2.69. The monoisotopic (exact) mass is 276 g/mol. The number of anilines is 1. The van der Waals surface area contributed by atoms with Crippen molar-refractivity contribution in [1.29, 1.82) is 0 Å². The molecule has 0 amide bonds. The topological polar surface area (TPSA) is 74.3 Å². The molecule has 1 heterocycles. The van der Waals surface area contributed by atoms with Crippen LogP contribution < -0.4 is 11.3 Å². The molecule has 0 atom stereocenters. The summed E-state index contributed by atoms with van der Waals surface area (Å²) in [5.41, 5.74) is 5.40. The van der Waals surface area contributed by atoms with Gasteiger partial charge in [0.25, 0.3) is 5.56 Å². The van der Waals surface area contributed by atoms with Crippen LogP contribution in [0.3, 0.4) is 0 Å². The summed E-state index contributed by atoms with van der Waals surface area (Å²) in [5, 5.41) is 0. The number of hydrogen-bond acceptors (Lipinski definition) is 4. The minimum absolute atomic E-state index is 0.120. The molecule has 0 unspecified atom stereocenters. The van der Waals surface area contributed by atoms with E-state index in [1.165, 1.54) is 36.4 Å². The van der Waals surface area contributed by atoms with E-state index in [0.29, 0.717) is 5.69 Å². The maximum absolute atomic E-state index is 12.9. The van der Waals surface area contributed by atoms with E-state index < -0.39 is 17.3 Å². The third-order valence-corrected chi connectivity index (χ3v) is 2.69. The fourth-order valence-electron chi connectivity index (χ4n) is 1.77. The molecular formula is C14H13FN2O3. The quantitative estimate of drug-likeness (QED) is 0.866. The number of aromatic nitrogens is 1. The van der Waals surface area contributed by atoms with Gasteiger partial charge in [-0.3, -0.25) is 9.36 Å². The molecule has 1 aromatic heterocycles. The smallest absolute Gasteiger partial charge is 0.343 e. The SMILES string of the molecule is CCOC(=O)c1ccc(N)n(-c2ccc(F)cc2)c1=O. The van der Waals surface area contributed by atoms with Crippen LogP contribution in [0.5, 0.6) is 0 Å². The highest BCUT2D eigenvalue weighted by atomic mass is 19.1. The lowest BCUT2D eigenvalue weighted by Crippen LogP contribution is -2.27. The molecule has 6 heteroatoms. The zero-order valence-electron chi connectivity index (χ0n) is 10.8. The molecule has 0 aliphatic heterocycles. The van der Waals surface area contributed by atoms with E-state index >= 15 is 0 Å². The van der Waals surface area contributed by atoms with Crippen LogP contribution in [0.2, 0.25) is 0 Å². The number of nitrogen functional groups attached to an aromatic ring is 1. The van der Waals surface area contributed by atoms with Crippen LogP contribution in [-0.2, 0) is 4.74 Å². The molecule has 0 radical (unpaired) electrons. The van der Waals surface area contributed by atoms with Gasteiger partial charge in [0.15, 0.2) is 0 Å². The Balaban J connectivity index is 2.58. The molecule has 2 N–H and O–H groups in total. The predicted octanol–water partition coefficient (Wildman–Crippen LogP) is 1.74. The Morgan fingerprint density at radius 3 is 2.50 bits per heavy atom. The van der Waals surface area contributed by atoms with Gasteiger partial charge in [-0.25, -0.2) is 9.18 Å². The van der Waals surface area contributed by atoms with Crippen LogP contribution in [0, 0.1) is 5.82 Å². The van der Waals surface area contributed by atoms with Gasteiger partial charge >= 0.3 is 5.97 Å². The van der Waals surface area contributed by atoms with Crippen molar-refractivity contribution in [3.63, 3.8) is 0 Å². The van der Waals surface area contributed by atoms with E-state index in [1.807, 2.05) is 0 Å². The lowest BCUT2D eigenvalue weighted by atomic mass is 10.2. The van der Waals surface area contributed by atoms with Crippen LogP contribution in [-0.4, -0.2) is 17.1 Å². The molecule has 0 bridgehead atoms. The Kier molecular flexibility index (Phi) is 3.84.